The lowest BCUT2D eigenvalue weighted by Crippen LogP contribution is -2.47. The van der Waals surface area contributed by atoms with Gasteiger partial charge in [0.1, 0.15) is 8.64 Å². The Morgan fingerprint density at radius 2 is 0.952 bits per heavy atom. The monoisotopic (exact) mass is 654 g/mol. The van der Waals surface area contributed by atoms with Crippen LogP contribution in [0, 0.1) is 0 Å². The second-order valence-corrected chi connectivity index (χ2v) is 14.6. The standard InChI is InChI=1S/C28H42N6O4S4/c1-29-13-17-31(18-14-29)21(35)9-5-3-7-11-33-25(37)23(41-27(33)39)24-26(38)34(28(40)42-24)12-8-4-6-10-22(36)32-19-15-30(2)16-20-32/h3-20H2,1-2H3/b24-23-. The Morgan fingerprint density at radius 3 is 1.31 bits per heavy atom. The number of hydrogen-bond acceptors (Lipinski definition) is 10. The molecule has 0 radical (unpaired) electrons. The average molecular weight is 655 g/mol. The van der Waals surface area contributed by atoms with Crippen LogP contribution in [-0.4, -0.2) is 141 Å². The maximum Gasteiger partial charge on any atom is 0.267 e. The summed E-state index contributed by atoms with van der Waals surface area (Å²) in [6.07, 6.45) is 5.76. The van der Waals surface area contributed by atoms with Crippen molar-refractivity contribution in [1.82, 2.24) is 29.4 Å². The molecule has 0 atom stereocenters. The van der Waals surface area contributed by atoms with Crippen LogP contribution in [0.1, 0.15) is 51.4 Å². The third kappa shape index (κ3) is 8.75. The van der Waals surface area contributed by atoms with Crippen LogP contribution in [0.3, 0.4) is 0 Å². The van der Waals surface area contributed by atoms with Crippen molar-refractivity contribution in [2.24, 2.45) is 0 Å². The van der Waals surface area contributed by atoms with E-state index in [0.717, 1.165) is 90.9 Å². The number of thiocarbonyl (C=S) groups is 2. The summed E-state index contributed by atoms with van der Waals surface area (Å²) in [4.78, 5) is 63.5. The average Bonchev–Trinajstić information content (AvgIpc) is 3.41. The molecule has 0 aromatic heterocycles. The van der Waals surface area contributed by atoms with Gasteiger partial charge < -0.3 is 19.6 Å². The second-order valence-electron chi connectivity index (χ2n) is 11.3. The van der Waals surface area contributed by atoms with Crippen molar-refractivity contribution < 1.29 is 19.2 Å². The molecule has 10 nitrogen and oxygen atoms in total. The van der Waals surface area contributed by atoms with Gasteiger partial charge in [-0.05, 0) is 39.8 Å². The highest BCUT2D eigenvalue weighted by Crippen LogP contribution is 2.42. The lowest BCUT2D eigenvalue weighted by Gasteiger charge is -2.32. The third-order valence-electron chi connectivity index (χ3n) is 8.16. The van der Waals surface area contributed by atoms with Gasteiger partial charge >= 0.3 is 0 Å². The number of unbranched alkanes of at least 4 members (excludes halogenated alkanes) is 4. The van der Waals surface area contributed by atoms with Crippen LogP contribution in [0.15, 0.2) is 9.81 Å². The minimum atomic E-state index is -0.235. The molecule has 4 rings (SSSR count). The van der Waals surface area contributed by atoms with Crippen molar-refractivity contribution in [2.45, 2.75) is 51.4 Å². The fraction of sp³-hybridized carbons (Fsp3) is 0.714. The largest absolute Gasteiger partial charge is 0.340 e. The summed E-state index contributed by atoms with van der Waals surface area (Å²) in [6.45, 7) is 7.77. The summed E-state index contributed by atoms with van der Waals surface area (Å²) in [6, 6.07) is 0. The molecule has 4 heterocycles. The molecule has 14 heteroatoms. The van der Waals surface area contributed by atoms with E-state index < -0.39 is 0 Å². The molecule has 0 aliphatic carbocycles. The smallest absolute Gasteiger partial charge is 0.267 e. The Hall–Kier alpha value is -1.58. The zero-order chi connectivity index (χ0) is 30.2. The predicted molar refractivity (Wildman–Crippen MR) is 176 cm³/mol. The number of nitrogens with zero attached hydrogens (tertiary/aromatic N) is 6. The fourth-order valence-electron chi connectivity index (χ4n) is 5.33. The van der Waals surface area contributed by atoms with Gasteiger partial charge in [-0.1, -0.05) is 60.8 Å². The number of thioether (sulfide) groups is 2. The van der Waals surface area contributed by atoms with Crippen molar-refractivity contribution in [3.8, 4) is 0 Å². The van der Waals surface area contributed by atoms with Gasteiger partial charge in [0.25, 0.3) is 11.8 Å². The Kier molecular flexibility index (Phi) is 12.6. The van der Waals surface area contributed by atoms with Crippen LogP contribution in [0.4, 0.5) is 0 Å². The van der Waals surface area contributed by atoms with E-state index >= 15 is 0 Å². The van der Waals surface area contributed by atoms with E-state index in [1.165, 1.54) is 23.5 Å². The summed E-state index contributed by atoms with van der Waals surface area (Å²) in [7, 11) is 4.14. The third-order valence-corrected chi connectivity index (χ3v) is 11.2. The highest BCUT2D eigenvalue weighted by molar-refractivity contribution is 8.29. The van der Waals surface area contributed by atoms with Crippen LogP contribution in [0.5, 0.6) is 0 Å². The lowest BCUT2D eigenvalue weighted by atomic mass is 10.1. The Balaban J connectivity index is 1.16. The number of amides is 4. The zero-order valence-electron chi connectivity index (χ0n) is 24.7. The fourth-order valence-corrected chi connectivity index (χ4v) is 8.10. The number of piperazine rings is 2. The minimum Gasteiger partial charge on any atom is -0.340 e. The Morgan fingerprint density at radius 1 is 0.595 bits per heavy atom. The van der Waals surface area contributed by atoms with E-state index in [2.05, 4.69) is 23.9 Å². The van der Waals surface area contributed by atoms with Crippen molar-refractivity contribution in [2.75, 3.05) is 79.5 Å². The topological polar surface area (TPSA) is 87.7 Å². The van der Waals surface area contributed by atoms with Crippen LogP contribution < -0.4 is 0 Å². The first kappa shape index (κ1) is 33.3. The molecule has 4 fully saturated rings. The maximum atomic E-state index is 13.2. The van der Waals surface area contributed by atoms with Gasteiger partial charge in [0.05, 0.1) is 9.81 Å². The van der Waals surface area contributed by atoms with Crippen LogP contribution >= 0.6 is 48.0 Å². The summed E-state index contributed by atoms with van der Waals surface area (Å²) >= 11 is 13.3. The molecule has 0 aromatic carbocycles. The number of hydrogen-bond donors (Lipinski definition) is 0. The van der Waals surface area contributed by atoms with Crippen molar-refractivity contribution in [3.05, 3.63) is 9.81 Å². The number of carbonyl (C=O) groups is 4. The van der Waals surface area contributed by atoms with Gasteiger partial charge in [-0.2, -0.15) is 0 Å². The molecule has 4 amide bonds. The maximum absolute atomic E-state index is 13.2. The van der Waals surface area contributed by atoms with E-state index in [1.807, 2.05) is 9.80 Å². The highest BCUT2D eigenvalue weighted by atomic mass is 32.2. The molecule has 42 heavy (non-hydrogen) atoms. The van der Waals surface area contributed by atoms with Gasteiger partial charge in [-0.15, -0.1) is 0 Å². The van der Waals surface area contributed by atoms with E-state index in [4.69, 9.17) is 24.4 Å². The summed E-state index contributed by atoms with van der Waals surface area (Å²) in [5.41, 5.74) is 0. The molecular weight excluding hydrogens is 613 g/mol. The van der Waals surface area contributed by atoms with E-state index in [9.17, 15) is 19.2 Å². The normalized spacial score (nSPS) is 22.7. The summed E-state index contributed by atoms with van der Waals surface area (Å²) in [5, 5.41) is 0. The predicted octanol–water partition coefficient (Wildman–Crippen LogP) is 2.59. The molecule has 4 aliphatic rings. The van der Waals surface area contributed by atoms with Crippen LogP contribution in [-0.2, 0) is 19.2 Å². The Bertz CT molecular complexity index is 1020. The Labute approximate surface area is 268 Å². The lowest BCUT2D eigenvalue weighted by molar-refractivity contribution is -0.133. The molecule has 4 aliphatic heterocycles. The van der Waals surface area contributed by atoms with Gasteiger partial charge in [-0.25, -0.2) is 0 Å². The molecule has 4 saturated heterocycles. The number of likely N-dealkylation sites (N-methyl/N-ethyl adjacent to an activating group) is 2. The van der Waals surface area contributed by atoms with E-state index in [1.54, 1.807) is 9.80 Å². The molecule has 0 saturated carbocycles. The summed E-state index contributed by atoms with van der Waals surface area (Å²) in [5.74, 6) is -0.0624. The molecule has 0 N–H and O–H groups in total. The molecule has 0 unspecified atom stereocenters. The van der Waals surface area contributed by atoms with Crippen LogP contribution in [0.2, 0.25) is 0 Å². The molecular formula is C28H42N6O4S4. The van der Waals surface area contributed by atoms with E-state index in [-0.39, 0.29) is 23.6 Å². The van der Waals surface area contributed by atoms with E-state index in [0.29, 0.717) is 44.4 Å². The first-order chi connectivity index (χ1) is 20.2. The van der Waals surface area contributed by atoms with Gasteiger partial charge in [0.15, 0.2) is 0 Å². The zero-order valence-corrected chi connectivity index (χ0v) is 27.9. The van der Waals surface area contributed by atoms with Crippen molar-refractivity contribution in [3.63, 3.8) is 0 Å². The summed E-state index contributed by atoms with van der Waals surface area (Å²) < 4.78 is 0.914. The first-order valence-electron chi connectivity index (χ1n) is 14.9. The number of carbonyl (C=O) groups excluding carboxylic acids is 4. The minimum absolute atomic E-state index is 0.204. The van der Waals surface area contributed by atoms with Crippen LogP contribution in [0.25, 0.3) is 0 Å². The van der Waals surface area contributed by atoms with Crippen molar-refractivity contribution >= 4 is 80.2 Å². The quantitative estimate of drug-likeness (QED) is 0.178. The SMILES string of the molecule is CN1CCN(C(=O)CCCCCN2C(=O)/C(=C3/SC(=S)N(CCCCCC(=O)N4CCN(C)CC4)C3=O)SC2=S)CC1. The molecule has 0 spiro atoms. The molecule has 0 aromatic rings. The van der Waals surface area contributed by atoms with Crippen molar-refractivity contribution in [1.29, 1.82) is 0 Å². The van der Waals surface area contributed by atoms with Gasteiger partial charge in [-0.3, -0.25) is 29.0 Å². The first-order valence-corrected chi connectivity index (χ1v) is 17.3. The molecule has 232 valence electrons. The van der Waals surface area contributed by atoms with Gasteiger partial charge in [0, 0.05) is 78.3 Å². The van der Waals surface area contributed by atoms with Gasteiger partial charge in [0.2, 0.25) is 11.8 Å². The molecule has 0 bridgehead atoms. The number of rotatable bonds is 12. The second kappa shape index (κ2) is 15.9. The highest BCUT2D eigenvalue weighted by Gasteiger charge is 2.41.